The average molecular weight is 252 g/mol. The maximum atomic E-state index is 11.9. The van der Waals surface area contributed by atoms with Crippen molar-refractivity contribution < 1.29 is 9.32 Å². The minimum absolute atomic E-state index is 0.242. The van der Waals surface area contributed by atoms with E-state index in [1.165, 1.54) is 0 Å². The highest BCUT2D eigenvalue weighted by Gasteiger charge is 2.13. The molecule has 88 valence electrons. The quantitative estimate of drug-likeness (QED) is 0.804. The molecule has 6 heteroatoms. The molecule has 17 heavy (non-hydrogen) atoms. The van der Waals surface area contributed by atoms with Crippen LogP contribution < -0.4 is 11.1 Å². The molecule has 0 aliphatic rings. The second kappa shape index (κ2) is 4.47. The zero-order chi connectivity index (χ0) is 12.4. The van der Waals surface area contributed by atoms with Gasteiger partial charge in [0.25, 0.3) is 5.91 Å². The van der Waals surface area contributed by atoms with Crippen molar-refractivity contribution in [1.82, 2.24) is 5.16 Å². The molecule has 0 unspecified atom stereocenters. The summed E-state index contributed by atoms with van der Waals surface area (Å²) in [5.74, 6) is 0.574. The lowest BCUT2D eigenvalue weighted by atomic mass is 10.1. The summed E-state index contributed by atoms with van der Waals surface area (Å²) in [7, 11) is 0. The van der Waals surface area contributed by atoms with Crippen molar-refractivity contribution in [3.05, 3.63) is 40.6 Å². The van der Waals surface area contributed by atoms with Gasteiger partial charge in [-0.2, -0.15) is 0 Å². The minimum atomic E-state index is -0.377. The van der Waals surface area contributed by atoms with E-state index in [0.29, 0.717) is 22.2 Å². The summed E-state index contributed by atoms with van der Waals surface area (Å²) in [6.07, 6.45) is 0. The van der Waals surface area contributed by atoms with Gasteiger partial charge in [-0.25, -0.2) is 0 Å². The van der Waals surface area contributed by atoms with E-state index in [9.17, 15) is 4.79 Å². The van der Waals surface area contributed by atoms with Crippen LogP contribution in [-0.2, 0) is 0 Å². The largest absolute Gasteiger partial charge is 0.397 e. The number of nitrogens with one attached hydrogen (secondary N) is 1. The number of hydrogen-bond donors (Lipinski definition) is 2. The van der Waals surface area contributed by atoms with Crippen LogP contribution in [0.5, 0.6) is 0 Å². The van der Waals surface area contributed by atoms with Gasteiger partial charge in [-0.3, -0.25) is 4.79 Å². The number of aryl methyl sites for hydroxylation is 1. The fourth-order valence-electron chi connectivity index (χ4n) is 1.34. The SMILES string of the molecule is Cc1cc(NC(=O)c2cccc(Cl)c2N)no1. The van der Waals surface area contributed by atoms with E-state index >= 15 is 0 Å². The Hall–Kier alpha value is -2.01. The summed E-state index contributed by atoms with van der Waals surface area (Å²) in [5.41, 5.74) is 6.25. The number of para-hydroxylation sites is 1. The molecular formula is C11H10ClN3O2. The monoisotopic (exact) mass is 251 g/mol. The van der Waals surface area contributed by atoms with Crippen LogP contribution in [0.15, 0.2) is 28.8 Å². The zero-order valence-corrected chi connectivity index (χ0v) is 9.78. The van der Waals surface area contributed by atoms with Crippen molar-refractivity contribution in [2.24, 2.45) is 0 Å². The summed E-state index contributed by atoms with van der Waals surface area (Å²) in [6.45, 7) is 1.73. The molecule has 5 nitrogen and oxygen atoms in total. The first-order valence-corrected chi connectivity index (χ1v) is 5.24. The Kier molecular flexibility index (Phi) is 3.01. The number of carbonyl (C=O) groups excluding carboxylic acids is 1. The van der Waals surface area contributed by atoms with Crippen LogP contribution in [0, 0.1) is 6.92 Å². The van der Waals surface area contributed by atoms with Gasteiger partial charge in [-0.05, 0) is 19.1 Å². The van der Waals surface area contributed by atoms with E-state index in [-0.39, 0.29) is 11.6 Å². The van der Waals surface area contributed by atoms with E-state index in [1.807, 2.05) is 0 Å². The Morgan fingerprint density at radius 3 is 2.94 bits per heavy atom. The second-order valence-electron chi connectivity index (χ2n) is 3.48. The summed E-state index contributed by atoms with van der Waals surface area (Å²) >= 11 is 5.83. The van der Waals surface area contributed by atoms with E-state index in [0.717, 1.165) is 0 Å². The van der Waals surface area contributed by atoms with Crippen molar-refractivity contribution in [3.8, 4) is 0 Å². The molecule has 0 aliphatic carbocycles. The number of carbonyl (C=O) groups is 1. The molecule has 0 atom stereocenters. The van der Waals surface area contributed by atoms with Crippen molar-refractivity contribution in [2.45, 2.75) is 6.92 Å². The van der Waals surface area contributed by atoms with Crippen LogP contribution in [0.1, 0.15) is 16.1 Å². The van der Waals surface area contributed by atoms with Crippen LogP contribution in [0.4, 0.5) is 11.5 Å². The summed E-state index contributed by atoms with van der Waals surface area (Å²) in [6, 6.07) is 6.47. The first kappa shape index (κ1) is 11.5. The topological polar surface area (TPSA) is 81.2 Å². The Balaban J connectivity index is 2.23. The number of nitrogen functional groups attached to an aromatic ring is 1. The fourth-order valence-corrected chi connectivity index (χ4v) is 1.52. The predicted molar refractivity (Wildman–Crippen MR) is 65.1 cm³/mol. The van der Waals surface area contributed by atoms with Crippen LogP contribution >= 0.6 is 11.6 Å². The first-order chi connectivity index (χ1) is 8.08. The summed E-state index contributed by atoms with van der Waals surface area (Å²) in [5, 5.41) is 6.56. The van der Waals surface area contributed by atoms with Crippen molar-refractivity contribution in [1.29, 1.82) is 0 Å². The number of amides is 1. The minimum Gasteiger partial charge on any atom is -0.397 e. The first-order valence-electron chi connectivity index (χ1n) is 4.86. The van der Waals surface area contributed by atoms with Crippen molar-refractivity contribution in [3.63, 3.8) is 0 Å². The Labute approximate surface area is 103 Å². The molecule has 0 radical (unpaired) electrons. The van der Waals surface area contributed by atoms with E-state index in [1.54, 1.807) is 31.2 Å². The zero-order valence-electron chi connectivity index (χ0n) is 9.03. The normalized spacial score (nSPS) is 10.2. The van der Waals surface area contributed by atoms with Crippen LogP contribution in [0.3, 0.4) is 0 Å². The lowest BCUT2D eigenvalue weighted by molar-refractivity contribution is 0.102. The molecule has 0 spiro atoms. The number of aromatic nitrogens is 1. The van der Waals surface area contributed by atoms with Crippen LogP contribution in [0.25, 0.3) is 0 Å². The lowest BCUT2D eigenvalue weighted by Gasteiger charge is -2.05. The van der Waals surface area contributed by atoms with Crippen LogP contribution in [0.2, 0.25) is 5.02 Å². The molecule has 2 rings (SSSR count). The number of benzene rings is 1. The van der Waals surface area contributed by atoms with E-state index in [2.05, 4.69) is 10.5 Å². The molecule has 1 heterocycles. The molecule has 1 aromatic heterocycles. The third-order valence-electron chi connectivity index (χ3n) is 2.17. The molecule has 0 saturated heterocycles. The molecule has 1 amide bonds. The Morgan fingerprint density at radius 1 is 1.53 bits per heavy atom. The smallest absolute Gasteiger partial charge is 0.259 e. The highest BCUT2D eigenvalue weighted by molar-refractivity contribution is 6.34. The molecule has 0 saturated carbocycles. The summed E-state index contributed by atoms with van der Waals surface area (Å²) < 4.78 is 4.83. The van der Waals surface area contributed by atoms with Gasteiger partial charge < -0.3 is 15.6 Å². The molecule has 0 fully saturated rings. The number of anilines is 2. The number of hydrogen-bond acceptors (Lipinski definition) is 4. The van der Waals surface area contributed by atoms with Crippen LogP contribution in [-0.4, -0.2) is 11.1 Å². The number of rotatable bonds is 2. The van der Waals surface area contributed by atoms with Gasteiger partial charge in [0.15, 0.2) is 5.82 Å². The third kappa shape index (κ3) is 2.39. The summed E-state index contributed by atoms with van der Waals surface area (Å²) in [4.78, 5) is 11.9. The van der Waals surface area contributed by atoms with Gasteiger partial charge in [0.05, 0.1) is 16.3 Å². The van der Waals surface area contributed by atoms with Gasteiger partial charge in [0, 0.05) is 6.07 Å². The van der Waals surface area contributed by atoms with E-state index < -0.39 is 0 Å². The highest BCUT2D eigenvalue weighted by atomic mass is 35.5. The maximum Gasteiger partial charge on any atom is 0.259 e. The highest BCUT2D eigenvalue weighted by Crippen LogP contribution is 2.23. The third-order valence-corrected chi connectivity index (χ3v) is 2.50. The molecule has 1 aromatic carbocycles. The van der Waals surface area contributed by atoms with Gasteiger partial charge in [0.2, 0.25) is 0 Å². The molecule has 0 bridgehead atoms. The van der Waals surface area contributed by atoms with Gasteiger partial charge in [0.1, 0.15) is 5.76 Å². The van der Waals surface area contributed by atoms with Gasteiger partial charge in [-0.1, -0.05) is 22.8 Å². The van der Waals surface area contributed by atoms with E-state index in [4.69, 9.17) is 21.9 Å². The molecule has 2 aromatic rings. The standard InChI is InChI=1S/C11H10ClN3O2/c1-6-5-9(15-17-6)14-11(16)7-3-2-4-8(12)10(7)13/h2-5H,13H2,1H3,(H,14,15,16). The van der Waals surface area contributed by atoms with Gasteiger partial charge >= 0.3 is 0 Å². The number of halogens is 1. The number of nitrogens with zero attached hydrogens (tertiary/aromatic N) is 1. The lowest BCUT2D eigenvalue weighted by Crippen LogP contribution is -2.14. The molecule has 3 N–H and O–H groups in total. The average Bonchev–Trinajstić information content (AvgIpc) is 2.68. The van der Waals surface area contributed by atoms with Crippen molar-refractivity contribution in [2.75, 3.05) is 11.1 Å². The number of nitrogens with two attached hydrogens (primary N) is 1. The molecule has 0 aliphatic heterocycles. The Morgan fingerprint density at radius 2 is 2.29 bits per heavy atom. The molecular weight excluding hydrogens is 242 g/mol. The van der Waals surface area contributed by atoms with Gasteiger partial charge in [-0.15, -0.1) is 0 Å². The second-order valence-corrected chi connectivity index (χ2v) is 3.89. The Bertz CT molecular complexity index is 566. The fraction of sp³-hybridized carbons (Fsp3) is 0.0909. The predicted octanol–water partition coefficient (Wildman–Crippen LogP) is 2.47. The van der Waals surface area contributed by atoms with Crippen molar-refractivity contribution >= 4 is 29.0 Å². The maximum absolute atomic E-state index is 11.9.